The van der Waals surface area contributed by atoms with Crippen molar-refractivity contribution >= 4 is 39.9 Å². The third-order valence-corrected chi connectivity index (χ3v) is 5.16. The third-order valence-electron chi connectivity index (χ3n) is 4.13. The molecule has 30 heavy (non-hydrogen) atoms. The summed E-state index contributed by atoms with van der Waals surface area (Å²) < 4.78 is 15.6. The highest BCUT2D eigenvalue weighted by Crippen LogP contribution is 2.36. The summed E-state index contributed by atoms with van der Waals surface area (Å²) in [4.78, 5) is 29.3. The maximum atomic E-state index is 12.5. The smallest absolute Gasteiger partial charge is 0.339 e. The Kier molecular flexibility index (Phi) is 6.91. The van der Waals surface area contributed by atoms with Crippen LogP contribution in [0.2, 0.25) is 5.02 Å². The highest BCUT2D eigenvalue weighted by atomic mass is 35.5. The van der Waals surface area contributed by atoms with E-state index < -0.39 is 18.0 Å². The summed E-state index contributed by atoms with van der Waals surface area (Å²) in [5.74, 6) is -0.627. The Hall–Kier alpha value is -3.10. The predicted molar refractivity (Wildman–Crippen MR) is 116 cm³/mol. The lowest BCUT2D eigenvalue weighted by Gasteiger charge is -2.14. The zero-order valence-corrected chi connectivity index (χ0v) is 18.0. The van der Waals surface area contributed by atoms with Gasteiger partial charge in [0, 0.05) is 10.9 Å². The number of rotatable bonds is 7. The first kappa shape index (κ1) is 21.6. The van der Waals surface area contributed by atoms with Crippen molar-refractivity contribution in [3.8, 4) is 22.8 Å². The number of halogens is 1. The number of thiazole rings is 1. The molecule has 7 nitrogen and oxygen atoms in total. The Bertz CT molecular complexity index is 1050. The van der Waals surface area contributed by atoms with Gasteiger partial charge in [0.05, 0.1) is 30.5 Å². The minimum atomic E-state index is -1.05. The Balaban J connectivity index is 1.65. The molecule has 1 amide bonds. The first-order chi connectivity index (χ1) is 14.4. The van der Waals surface area contributed by atoms with Crippen molar-refractivity contribution < 1.29 is 23.8 Å². The van der Waals surface area contributed by atoms with Crippen molar-refractivity contribution in [3.05, 3.63) is 58.4 Å². The molecule has 3 rings (SSSR count). The van der Waals surface area contributed by atoms with Gasteiger partial charge >= 0.3 is 5.97 Å². The SMILES string of the molecule is COc1cc(C(=O)OC(C)C(=O)Nc2nc(-c3ccccc3)cs2)cc(Cl)c1OC. The van der Waals surface area contributed by atoms with E-state index in [1.807, 2.05) is 35.7 Å². The van der Waals surface area contributed by atoms with Gasteiger partial charge in [-0.15, -0.1) is 11.3 Å². The maximum absolute atomic E-state index is 12.5. The lowest BCUT2D eigenvalue weighted by Crippen LogP contribution is -2.30. The Morgan fingerprint density at radius 1 is 1.13 bits per heavy atom. The van der Waals surface area contributed by atoms with Gasteiger partial charge in [0.2, 0.25) is 0 Å². The summed E-state index contributed by atoms with van der Waals surface area (Å²) in [7, 11) is 2.87. The van der Waals surface area contributed by atoms with E-state index in [2.05, 4.69) is 10.3 Å². The molecule has 9 heteroatoms. The molecule has 2 aromatic carbocycles. The van der Waals surface area contributed by atoms with Crippen LogP contribution in [-0.2, 0) is 9.53 Å². The average molecular weight is 447 g/mol. The normalized spacial score (nSPS) is 11.5. The first-order valence-corrected chi connectivity index (χ1v) is 10.1. The fourth-order valence-electron chi connectivity index (χ4n) is 2.60. The molecular weight excluding hydrogens is 428 g/mol. The van der Waals surface area contributed by atoms with Gasteiger partial charge in [-0.25, -0.2) is 9.78 Å². The molecule has 3 aromatic rings. The summed E-state index contributed by atoms with van der Waals surface area (Å²) in [6.45, 7) is 1.47. The molecule has 1 N–H and O–H groups in total. The topological polar surface area (TPSA) is 86.8 Å². The van der Waals surface area contributed by atoms with Gasteiger partial charge in [-0.2, -0.15) is 0 Å². The number of carbonyl (C=O) groups excluding carboxylic acids is 2. The number of esters is 1. The maximum Gasteiger partial charge on any atom is 0.339 e. The fraction of sp³-hybridized carbons (Fsp3) is 0.190. The fourth-order valence-corrected chi connectivity index (χ4v) is 3.61. The van der Waals surface area contributed by atoms with Gasteiger partial charge in [0.15, 0.2) is 22.7 Å². The molecule has 1 aromatic heterocycles. The van der Waals surface area contributed by atoms with Crippen LogP contribution in [0.1, 0.15) is 17.3 Å². The second-order valence-electron chi connectivity index (χ2n) is 6.13. The number of benzene rings is 2. The number of amides is 1. The lowest BCUT2D eigenvalue weighted by atomic mass is 10.2. The number of carbonyl (C=O) groups is 2. The summed E-state index contributed by atoms with van der Waals surface area (Å²) in [5.41, 5.74) is 1.83. The van der Waals surface area contributed by atoms with Crippen LogP contribution in [0.25, 0.3) is 11.3 Å². The molecule has 1 unspecified atom stereocenters. The second kappa shape index (κ2) is 9.60. The number of aromatic nitrogens is 1. The molecule has 0 saturated carbocycles. The molecule has 1 heterocycles. The quantitative estimate of drug-likeness (QED) is 0.531. The Labute approximate surface area is 182 Å². The van der Waals surface area contributed by atoms with E-state index in [0.717, 1.165) is 11.3 Å². The van der Waals surface area contributed by atoms with Gasteiger partial charge in [0.1, 0.15) is 0 Å². The molecule has 0 fully saturated rings. The van der Waals surface area contributed by atoms with Crippen molar-refractivity contribution in [1.82, 2.24) is 4.98 Å². The van der Waals surface area contributed by atoms with Crippen molar-refractivity contribution in [2.24, 2.45) is 0 Å². The molecule has 1 atom stereocenters. The van der Waals surface area contributed by atoms with Crippen LogP contribution in [0.15, 0.2) is 47.8 Å². The molecule has 0 aliphatic heterocycles. The van der Waals surface area contributed by atoms with Crippen LogP contribution in [0.3, 0.4) is 0 Å². The number of nitrogens with one attached hydrogen (secondary N) is 1. The predicted octanol–water partition coefficient (Wildman–Crippen LogP) is 4.66. The minimum Gasteiger partial charge on any atom is -0.493 e. The Morgan fingerprint density at radius 2 is 1.87 bits per heavy atom. The molecule has 0 spiro atoms. The molecule has 0 radical (unpaired) electrons. The lowest BCUT2D eigenvalue weighted by molar-refractivity contribution is -0.123. The first-order valence-electron chi connectivity index (χ1n) is 8.87. The van der Waals surface area contributed by atoms with E-state index in [4.69, 9.17) is 25.8 Å². The van der Waals surface area contributed by atoms with Gasteiger partial charge < -0.3 is 14.2 Å². The largest absolute Gasteiger partial charge is 0.493 e. The molecule has 0 aliphatic carbocycles. The molecule has 0 saturated heterocycles. The minimum absolute atomic E-state index is 0.137. The highest BCUT2D eigenvalue weighted by Gasteiger charge is 2.22. The zero-order chi connectivity index (χ0) is 21.7. The van der Waals surface area contributed by atoms with E-state index in [1.54, 1.807) is 0 Å². The van der Waals surface area contributed by atoms with Crippen LogP contribution >= 0.6 is 22.9 Å². The average Bonchev–Trinajstić information content (AvgIpc) is 3.22. The Morgan fingerprint density at radius 3 is 2.53 bits per heavy atom. The van der Waals surface area contributed by atoms with E-state index in [9.17, 15) is 9.59 Å². The van der Waals surface area contributed by atoms with Crippen molar-refractivity contribution in [2.45, 2.75) is 13.0 Å². The highest BCUT2D eigenvalue weighted by molar-refractivity contribution is 7.14. The summed E-state index contributed by atoms with van der Waals surface area (Å²) in [5, 5.41) is 5.11. The second-order valence-corrected chi connectivity index (χ2v) is 7.40. The van der Waals surface area contributed by atoms with Crippen LogP contribution < -0.4 is 14.8 Å². The van der Waals surface area contributed by atoms with E-state index >= 15 is 0 Å². The number of methoxy groups -OCH3 is 2. The summed E-state index contributed by atoms with van der Waals surface area (Å²) in [6, 6.07) is 12.4. The van der Waals surface area contributed by atoms with Gasteiger partial charge in [-0.3, -0.25) is 10.1 Å². The van der Waals surface area contributed by atoms with E-state index in [0.29, 0.717) is 10.9 Å². The number of hydrogen-bond donors (Lipinski definition) is 1. The van der Waals surface area contributed by atoms with Crippen molar-refractivity contribution in [2.75, 3.05) is 19.5 Å². The van der Waals surface area contributed by atoms with Crippen molar-refractivity contribution in [3.63, 3.8) is 0 Å². The van der Waals surface area contributed by atoms with E-state index in [1.165, 1.54) is 44.6 Å². The molecule has 0 bridgehead atoms. The van der Waals surface area contributed by atoms with E-state index in [-0.39, 0.29) is 16.3 Å². The van der Waals surface area contributed by atoms with Gasteiger partial charge in [-0.1, -0.05) is 41.9 Å². The van der Waals surface area contributed by atoms with Crippen LogP contribution in [0, 0.1) is 0 Å². The zero-order valence-electron chi connectivity index (χ0n) is 16.5. The number of anilines is 1. The monoisotopic (exact) mass is 446 g/mol. The third kappa shape index (κ3) is 4.90. The molecule has 0 aliphatic rings. The molecule has 156 valence electrons. The number of hydrogen-bond acceptors (Lipinski definition) is 7. The van der Waals surface area contributed by atoms with Crippen LogP contribution in [-0.4, -0.2) is 37.2 Å². The number of ether oxygens (including phenoxy) is 3. The van der Waals surface area contributed by atoms with Gasteiger partial charge in [-0.05, 0) is 19.1 Å². The molecular formula is C21H19ClN2O5S. The summed E-state index contributed by atoms with van der Waals surface area (Å²) >= 11 is 7.40. The van der Waals surface area contributed by atoms with Crippen molar-refractivity contribution in [1.29, 1.82) is 0 Å². The van der Waals surface area contributed by atoms with Crippen LogP contribution in [0.4, 0.5) is 5.13 Å². The summed E-state index contributed by atoms with van der Waals surface area (Å²) in [6.07, 6.45) is -1.05. The van der Waals surface area contributed by atoms with Crippen LogP contribution in [0.5, 0.6) is 11.5 Å². The van der Waals surface area contributed by atoms with Gasteiger partial charge in [0.25, 0.3) is 5.91 Å². The number of nitrogens with zero attached hydrogens (tertiary/aromatic N) is 1. The standard InChI is InChI=1S/C21H19ClN2O5S/c1-12(29-20(26)14-9-15(22)18(28-3)17(10-14)27-2)19(25)24-21-23-16(11-30-21)13-7-5-4-6-8-13/h4-12H,1-3H3,(H,23,24,25).